The zero-order valence-electron chi connectivity index (χ0n) is 12.6. The molecule has 0 saturated heterocycles. The molecule has 1 aliphatic rings. The number of carbonyl (C=O) groups excluding carboxylic acids is 1. The van der Waals surface area contributed by atoms with Gasteiger partial charge in [-0.05, 0) is 37.3 Å². The van der Waals surface area contributed by atoms with Crippen molar-refractivity contribution in [2.24, 2.45) is 17.3 Å². The van der Waals surface area contributed by atoms with Crippen molar-refractivity contribution in [3.63, 3.8) is 0 Å². The van der Waals surface area contributed by atoms with Gasteiger partial charge in [-0.1, -0.05) is 31.5 Å². The Labute approximate surface area is 119 Å². The van der Waals surface area contributed by atoms with Crippen molar-refractivity contribution in [2.75, 3.05) is 5.32 Å². The van der Waals surface area contributed by atoms with Gasteiger partial charge >= 0.3 is 5.97 Å². The first-order chi connectivity index (χ1) is 9.16. The molecule has 2 rings (SSSR count). The standard InChI is InChI=1S/C16H21NO3/c1-8-6-9(2)13(10(3)7-8)17-14(18)11-12(15(19)20)16(11,4)5/h6-7,11-12H,1-5H3,(H,17,18)(H,19,20)/t11-,12+/m1/s1. The Morgan fingerprint density at radius 1 is 1.10 bits per heavy atom. The summed E-state index contributed by atoms with van der Waals surface area (Å²) in [4.78, 5) is 23.5. The monoisotopic (exact) mass is 275 g/mol. The van der Waals surface area contributed by atoms with Crippen LogP contribution in [0, 0.1) is 38.0 Å². The van der Waals surface area contributed by atoms with Crippen LogP contribution < -0.4 is 5.32 Å². The molecule has 1 aliphatic carbocycles. The van der Waals surface area contributed by atoms with E-state index in [1.807, 2.05) is 46.8 Å². The fourth-order valence-electron chi connectivity index (χ4n) is 3.17. The molecule has 0 aromatic heterocycles. The summed E-state index contributed by atoms with van der Waals surface area (Å²) in [7, 11) is 0. The molecule has 0 bridgehead atoms. The second-order valence-corrected chi connectivity index (χ2v) is 6.38. The molecule has 4 nitrogen and oxygen atoms in total. The third-order valence-corrected chi connectivity index (χ3v) is 4.30. The number of carbonyl (C=O) groups is 2. The number of carboxylic acids is 1. The Bertz CT molecular complexity index is 566. The number of hydrogen-bond acceptors (Lipinski definition) is 2. The van der Waals surface area contributed by atoms with Gasteiger partial charge in [0.2, 0.25) is 5.91 Å². The quantitative estimate of drug-likeness (QED) is 0.891. The highest BCUT2D eigenvalue weighted by molar-refractivity contribution is 6.00. The molecule has 0 heterocycles. The molecule has 0 unspecified atom stereocenters. The van der Waals surface area contributed by atoms with E-state index in [1.54, 1.807) is 0 Å². The van der Waals surface area contributed by atoms with Crippen molar-refractivity contribution in [1.29, 1.82) is 0 Å². The number of amides is 1. The molecule has 0 radical (unpaired) electrons. The number of aliphatic carboxylic acids is 1. The number of anilines is 1. The Morgan fingerprint density at radius 3 is 2.00 bits per heavy atom. The lowest BCUT2D eigenvalue weighted by Gasteiger charge is -2.13. The van der Waals surface area contributed by atoms with Crippen LogP contribution >= 0.6 is 0 Å². The van der Waals surface area contributed by atoms with E-state index < -0.39 is 23.2 Å². The van der Waals surface area contributed by atoms with Gasteiger partial charge in [-0.2, -0.15) is 0 Å². The van der Waals surface area contributed by atoms with Crippen LogP contribution in [0.25, 0.3) is 0 Å². The summed E-state index contributed by atoms with van der Waals surface area (Å²) in [5.74, 6) is -2.14. The molecule has 0 aliphatic heterocycles. The van der Waals surface area contributed by atoms with Crippen LogP contribution in [0.5, 0.6) is 0 Å². The Hall–Kier alpha value is -1.84. The Morgan fingerprint density at radius 2 is 1.60 bits per heavy atom. The van der Waals surface area contributed by atoms with Crippen molar-refractivity contribution >= 4 is 17.6 Å². The summed E-state index contributed by atoms with van der Waals surface area (Å²) in [6.45, 7) is 9.55. The van der Waals surface area contributed by atoms with Gasteiger partial charge in [-0.15, -0.1) is 0 Å². The first-order valence-electron chi connectivity index (χ1n) is 6.77. The zero-order valence-corrected chi connectivity index (χ0v) is 12.6. The Balaban J connectivity index is 2.20. The van der Waals surface area contributed by atoms with E-state index in [-0.39, 0.29) is 5.91 Å². The molecular weight excluding hydrogens is 254 g/mol. The average molecular weight is 275 g/mol. The maximum Gasteiger partial charge on any atom is 0.307 e. The molecule has 1 saturated carbocycles. The molecule has 2 atom stereocenters. The number of carboxylic acid groups (broad SMARTS) is 1. The predicted molar refractivity (Wildman–Crippen MR) is 77.7 cm³/mol. The van der Waals surface area contributed by atoms with Crippen LogP contribution in [0.15, 0.2) is 12.1 Å². The molecule has 4 heteroatoms. The molecule has 1 aromatic rings. The largest absolute Gasteiger partial charge is 0.481 e. The van der Waals surface area contributed by atoms with Gasteiger partial charge in [0.15, 0.2) is 0 Å². The lowest BCUT2D eigenvalue weighted by molar-refractivity contribution is -0.140. The molecule has 0 spiro atoms. The minimum absolute atomic E-state index is 0.197. The second kappa shape index (κ2) is 4.62. The SMILES string of the molecule is Cc1cc(C)c(NC(=O)[C@H]2[C@@H](C(=O)O)C2(C)C)c(C)c1. The van der Waals surface area contributed by atoms with Crippen LogP contribution in [0.1, 0.15) is 30.5 Å². The van der Waals surface area contributed by atoms with E-state index in [0.717, 1.165) is 22.4 Å². The van der Waals surface area contributed by atoms with Gasteiger partial charge < -0.3 is 10.4 Å². The lowest BCUT2D eigenvalue weighted by atomic mass is 10.0. The van der Waals surface area contributed by atoms with Gasteiger partial charge in [0.1, 0.15) is 0 Å². The fourth-order valence-corrected chi connectivity index (χ4v) is 3.17. The maximum absolute atomic E-state index is 12.3. The van der Waals surface area contributed by atoms with Crippen LogP contribution in [0.4, 0.5) is 5.69 Å². The van der Waals surface area contributed by atoms with Crippen molar-refractivity contribution in [3.05, 3.63) is 28.8 Å². The summed E-state index contributed by atoms with van der Waals surface area (Å²) in [6, 6.07) is 4.02. The number of benzene rings is 1. The summed E-state index contributed by atoms with van der Waals surface area (Å²) in [5.41, 5.74) is 3.48. The van der Waals surface area contributed by atoms with Gasteiger partial charge in [-0.3, -0.25) is 9.59 Å². The lowest BCUT2D eigenvalue weighted by Crippen LogP contribution is -2.19. The molecule has 1 aromatic carbocycles. The third-order valence-electron chi connectivity index (χ3n) is 4.30. The number of hydrogen-bond donors (Lipinski definition) is 2. The summed E-state index contributed by atoms with van der Waals surface area (Å²) < 4.78 is 0. The third kappa shape index (κ3) is 2.30. The summed E-state index contributed by atoms with van der Waals surface area (Å²) in [6.07, 6.45) is 0. The van der Waals surface area contributed by atoms with Crippen LogP contribution in [-0.2, 0) is 9.59 Å². The molecule has 20 heavy (non-hydrogen) atoms. The van der Waals surface area contributed by atoms with Crippen LogP contribution in [0.2, 0.25) is 0 Å². The van der Waals surface area contributed by atoms with Crippen molar-refractivity contribution in [3.8, 4) is 0 Å². The van der Waals surface area contributed by atoms with Crippen LogP contribution in [0.3, 0.4) is 0 Å². The van der Waals surface area contributed by atoms with Crippen molar-refractivity contribution in [2.45, 2.75) is 34.6 Å². The first kappa shape index (κ1) is 14.6. The van der Waals surface area contributed by atoms with Crippen molar-refractivity contribution in [1.82, 2.24) is 0 Å². The summed E-state index contributed by atoms with van der Waals surface area (Å²) >= 11 is 0. The van der Waals surface area contributed by atoms with Gasteiger partial charge in [0.25, 0.3) is 0 Å². The summed E-state index contributed by atoms with van der Waals surface area (Å²) in [5, 5.41) is 12.0. The van der Waals surface area contributed by atoms with Crippen LogP contribution in [-0.4, -0.2) is 17.0 Å². The second-order valence-electron chi connectivity index (χ2n) is 6.38. The fraction of sp³-hybridized carbons (Fsp3) is 0.500. The first-order valence-corrected chi connectivity index (χ1v) is 6.77. The average Bonchev–Trinajstić information content (AvgIpc) is 2.86. The van der Waals surface area contributed by atoms with E-state index in [1.165, 1.54) is 0 Å². The topological polar surface area (TPSA) is 66.4 Å². The highest BCUT2D eigenvalue weighted by Crippen LogP contribution is 2.58. The predicted octanol–water partition coefficient (Wildman–Crippen LogP) is 2.91. The number of aryl methyl sites for hydroxylation is 3. The zero-order chi connectivity index (χ0) is 15.2. The highest BCUT2D eigenvalue weighted by atomic mass is 16.4. The number of rotatable bonds is 3. The minimum atomic E-state index is -0.896. The Kier molecular flexibility index (Phi) is 3.36. The minimum Gasteiger partial charge on any atom is -0.481 e. The smallest absolute Gasteiger partial charge is 0.307 e. The van der Waals surface area contributed by atoms with Crippen molar-refractivity contribution < 1.29 is 14.7 Å². The van der Waals surface area contributed by atoms with E-state index in [4.69, 9.17) is 5.11 Å². The van der Waals surface area contributed by atoms with E-state index in [0.29, 0.717) is 0 Å². The van der Waals surface area contributed by atoms with E-state index in [2.05, 4.69) is 5.32 Å². The molecular formula is C16H21NO3. The molecule has 2 N–H and O–H groups in total. The van der Waals surface area contributed by atoms with E-state index in [9.17, 15) is 9.59 Å². The normalized spacial score (nSPS) is 23.2. The van der Waals surface area contributed by atoms with Gasteiger partial charge in [0, 0.05) is 5.69 Å². The molecule has 108 valence electrons. The van der Waals surface area contributed by atoms with Gasteiger partial charge in [0.05, 0.1) is 11.8 Å². The molecule has 1 amide bonds. The van der Waals surface area contributed by atoms with Gasteiger partial charge in [-0.25, -0.2) is 0 Å². The molecule has 1 fully saturated rings. The number of nitrogens with one attached hydrogen (secondary N) is 1. The highest BCUT2D eigenvalue weighted by Gasteiger charge is 2.65. The van der Waals surface area contributed by atoms with E-state index >= 15 is 0 Å². The maximum atomic E-state index is 12.3.